The molecule has 0 saturated carbocycles. The van der Waals surface area contributed by atoms with Gasteiger partial charge in [0.25, 0.3) is 0 Å². The number of aromatic nitrogens is 2. The first-order chi connectivity index (χ1) is 12.1. The second-order valence-corrected chi connectivity index (χ2v) is 6.20. The Balaban J connectivity index is 1.54. The summed E-state index contributed by atoms with van der Waals surface area (Å²) in [6.07, 6.45) is 0.299. The van der Waals surface area contributed by atoms with Crippen molar-refractivity contribution in [3.05, 3.63) is 65.8 Å². The molecule has 5 nitrogen and oxygen atoms in total. The number of anilines is 1. The van der Waals surface area contributed by atoms with Gasteiger partial charge in [-0.15, -0.1) is 0 Å². The lowest BCUT2D eigenvalue weighted by atomic mass is 10.1. The molecule has 1 fully saturated rings. The van der Waals surface area contributed by atoms with Gasteiger partial charge in [0.05, 0.1) is 5.92 Å². The van der Waals surface area contributed by atoms with E-state index in [9.17, 15) is 9.18 Å². The van der Waals surface area contributed by atoms with E-state index >= 15 is 0 Å². The van der Waals surface area contributed by atoms with Gasteiger partial charge in [0.1, 0.15) is 5.82 Å². The van der Waals surface area contributed by atoms with Crippen molar-refractivity contribution in [1.29, 1.82) is 0 Å². The summed E-state index contributed by atoms with van der Waals surface area (Å²) in [6.45, 7) is 2.46. The highest BCUT2D eigenvalue weighted by Gasteiger charge is 2.35. The molecular weight excluding hydrogens is 321 g/mol. The van der Waals surface area contributed by atoms with Gasteiger partial charge in [-0.2, -0.15) is 4.98 Å². The van der Waals surface area contributed by atoms with Crippen molar-refractivity contribution < 1.29 is 13.7 Å². The first-order valence-electron chi connectivity index (χ1n) is 8.07. The first kappa shape index (κ1) is 15.5. The van der Waals surface area contributed by atoms with E-state index in [1.807, 2.05) is 31.2 Å². The van der Waals surface area contributed by atoms with Crippen LogP contribution < -0.4 is 4.90 Å². The molecule has 0 N–H and O–H groups in total. The molecule has 6 heteroatoms. The van der Waals surface area contributed by atoms with Gasteiger partial charge in [-0.25, -0.2) is 4.39 Å². The smallest absolute Gasteiger partial charge is 0.232 e. The van der Waals surface area contributed by atoms with Gasteiger partial charge in [-0.3, -0.25) is 4.79 Å². The summed E-state index contributed by atoms with van der Waals surface area (Å²) in [4.78, 5) is 18.4. The van der Waals surface area contributed by atoms with E-state index < -0.39 is 0 Å². The summed E-state index contributed by atoms with van der Waals surface area (Å²) in [5.41, 5.74) is 2.70. The minimum Gasteiger partial charge on any atom is -0.339 e. The molecule has 1 aliphatic heterocycles. The first-order valence-corrected chi connectivity index (χ1v) is 8.07. The highest BCUT2D eigenvalue weighted by Crippen LogP contribution is 2.32. The third kappa shape index (κ3) is 3.03. The Kier molecular flexibility index (Phi) is 3.80. The number of nitrogens with zero attached hydrogens (tertiary/aromatic N) is 3. The van der Waals surface area contributed by atoms with Gasteiger partial charge < -0.3 is 9.42 Å². The summed E-state index contributed by atoms with van der Waals surface area (Å²) in [7, 11) is 0. The molecule has 4 rings (SSSR count). The van der Waals surface area contributed by atoms with Gasteiger partial charge in [0, 0.05) is 24.2 Å². The fraction of sp³-hybridized carbons (Fsp3) is 0.211. The average Bonchev–Trinajstić information content (AvgIpc) is 3.23. The van der Waals surface area contributed by atoms with Crippen LogP contribution in [0, 0.1) is 12.7 Å². The van der Waals surface area contributed by atoms with E-state index in [4.69, 9.17) is 4.52 Å². The SMILES string of the molecule is Cc1ccc(-c2noc(C3CC(=O)N(c4ccc(F)cc4)C3)n2)cc1. The number of carbonyl (C=O) groups is 1. The topological polar surface area (TPSA) is 59.2 Å². The van der Waals surface area contributed by atoms with Crippen molar-refractivity contribution in [3.63, 3.8) is 0 Å². The molecule has 0 aliphatic carbocycles. The lowest BCUT2D eigenvalue weighted by Gasteiger charge is -2.15. The normalized spacial score (nSPS) is 17.3. The molecule has 1 saturated heterocycles. The van der Waals surface area contributed by atoms with Gasteiger partial charge in [-0.1, -0.05) is 35.0 Å². The molecule has 1 unspecified atom stereocenters. The van der Waals surface area contributed by atoms with Crippen LogP contribution in [0.5, 0.6) is 0 Å². The van der Waals surface area contributed by atoms with Crippen LogP contribution in [-0.2, 0) is 4.79 Å². The lowest BCUT2D eigenvalue weighted by Crippen LogP contribution is -2.24. The Morgan fingerprint density at radius 1 is 1.12 bits per heavy atom. The number of amides is 1. The summed E-state index contributed by atoms with van der Waals surface area (Å²) in [5, 5.41) is 4.03. The molecule has 0 bridgehead atoms. The summed E-state index contributed by atoms with van der Waals surface area (Å²) < 4.78 is 18.4. The molecule has 1 aliphatic rings. The molecular formula is C19H16FN3O2. The number of aryl methyl sites for hydroxylation is 1. The van der Waals surface area contributed by atoms with Crippen LogP contribution >= 0.6 is 0 Å². The van der Waals surface area contributed by atoms with E-state index in [2.05, 4.69) is 10.1 Å². The maximum absolute atomic E-state index is 13.1. The number of halogens is 1. The minimum absolute atomic E-state index is 0.0355. The van der Waals surface area contributed by atoms with E-state index in [-0.39, 0.29) is 17.6 Å². The van der Waals surface area contributed by atoms with Crippen LogP contribution in [-0.4, -0.2) is 22.6 Å². The highest BCUT2D eigenvalue weighted by atomic mass is 19.1. The molecule has 2 heterocycles. The van der Waals surface area contributed by atoms with E-state index in [0.717, 1.165) is 11.1 Å². The molecule has 0 spiro atoms. The monoisotopic (exact) mass is 337 g/mol. The van der Waals surface area contributed by atoms with Crippen molar-refractivity contribution in [2.75, 3.05) is 11.4 Å². The molecule has 25 heavy (non-hydrogen) atoms. The van der Waals surface area contributed by atoms with Crippen LogP contribution in [0.4, 0.5) is 10.1 Å². The predicted octanol–water partition coefficient (Wildman–Crippen LogP) is 3.70. The van der Waals surface area contributed by atoms with Gasteiger partial charge in [0.15, 0.2) is 0 Å². The van der Waals surface area contributed by atoms with Crippen molar-refractivity contribution >= 4 is 11.6 Å². The van der Waals surface area contributed by atoms with E-state index in [1.165, 1.54) is 12.1 Å². The summed E-state index contributed by atoms with van der Waals surface area (Å²) in [5.74, 6) is 0.443. The zero-order chi connectivity index (χ0) is 17.4. The largest absolute Gasteiger partial charge is 0.339 e. The Labute approximate surface area is 144 Å². The van der Waals surface area contributed by atoms with Crippen LogP contribution in [0.3, 0.4) is 0 Å². The van der Waals surface area contributed by atoms with E-state index in [1.54, 1.807) is 17.0 Å². The van der Waals surface area contributed by atoms with E-state index in [0.29, 0.717) is 30.4 Å². The highest BCUT2D eigenvalue weighted by molar-refractivity contribution is 5.96. The fourth-order valence-electron chi connectivity index (χ4n) is 2.96. The standard InChI is InChI=1S/C19H16FN3O2/c1-12-2-4-13(5-3-12)18-21-19(25-22-18)14-10-17(24)23(11-14)16-8-6-15(20)7-9-16/h2-9,14H,10-11H2,1H3. The van der Waals surface area contributed by atoms with Crippen molar-refractivity contribution in [2.24, 2.45) is 0 Å². The molecule has 2 aromatic carbocycles. The second kappa shape index (κ2) is 6.12. The zero-order valence-corrected chi connectivity index (χ0v) is 13.6. The summed E-state index contributed by atoms with van der Waals surface area (Å²) in [6, 6.07) is 13.7. The molecule has 126 valence electrons. The van der Waals surface area contributed by atoms with Crippen LogP contribution in [0.1, 0.15) is 23.8 Å². The maximum atomic E-state index is 13.1. The quantitative estimate of drug-likeness (QED) is 0.731. The molecule has 1 amide bonds. The number of carbonyl (C=O) groups excluding carboxylic acids is 1. The Morgan fingerprint density at radius 2 is 1.84 bits per heavy atom. The second-order valence-electron chi connectivity index (χ2n) is 6.20. The third-order valence-corrected chi connectivity index (χ3v) is 4.36. The fourth-order valence-corrected chi connectivity index (χ4v) is 2.96. The molecule has 3 aromatic rings. The predicted molar refractivity (Wildman–Crippen MR) is 90.6 cm³/mol. The van der Waals surface area contributed by atoms with Gasteiger partial charge in [0.2, 0.25) is 17.6 Å². The Morgan fingerprint density at radius 3 is 2.56 bits per heavy atom. The van der Waals surface area contributed by atoms with Crippen LogP contribution in [0.25, 0.3) is 11.4 Å². The van der Waals surface area contributed by atoms with Crippen LogP contribution in [0.2, 0.25) is 0 Å². The lowest BCUT2D eigenvalue weighted by molar-refractivity contribution is -0.117. The number of benzene rings is 2. The summed E-state index contributed by atoms with van der Waals surface area (Å²) >= 11 is 0. The Bertz CT molecular complexity index is 903. The average molecular weight is 337 g/mol. The van der Waals surface area contributed by atoms with Crippen molar-refractivity contribution in [2.45, 2.75) is 19.3 Å². The maximum Gasteiger partial charge on any atom is 0.232 e. The van der Waals surface area contributed by atoms with Gasteiger partial charge in [-0.05, 0) is 31.2 Å². The molecule has 0 radical (unpaired) electrons. The number of rotatable bonds is 3. The Hall–Kier alpha value is -3.02. The number of hydrogen-bond donors (Lipinski definition) is 0. The molecule has 1 atom stereocenters. The molecule has 1 aromatic heterocycles. The minimum atomic E-state index is -0.327. The number of hydrogen-bond acceptors (Lipinski definition) is 4. The van der Waals surface area contributed by atoms with Gasteiger partial charge >= 0.3 is 0 Å². The zero-order valence-electron chi connectivity index (χ0n) is 13.6. The van der Waals surface area contributed by atoms with Crippen molar-refractivity contribution in [3.8, 4) is 11.4 Å². The van der Waals surface area contributed by atoms with Crippen molar-refractivity contribution in [1.82, 2.24) is 10.1 Å². The van der Waals surface area contributed by atoms with Crippen LogP contribution in [0.15, 0.2) is 53.1 Å². The third-order valence-electron chi connectivity index (χ3n) is 4.36.